The lowest BCUT2D eigenvalue weighted by Crippen LogP contribution is -1.83. The summed E-state index contributed by atoms with van der Waals surface area (Å²) in [6.07, 6.45) is 3.38. The lowest BCUT2D eigenvalue weighted by molar-refractivity contribution is 1.22. The van der Waals surface area contributed by atoms with Crippen LogP contribution in [0.3, 0.4) is 0 Å². The van der Waals surface area contributed by atoms with Crippen molar-refractivity contribution >= 4 is 5.57 Å². The standard InChI is InChI=1S/C12H16.C2H6/c1-4-7-10(2)12-9-6-5-8-11(12)3;1-2/h5-9H,4H2,1-3H3;1-2H3/b10-7-;. The van der Waals surface area contributed by atoms with Gasteiger partial charge in [-0.3, -0.25) is 0 Å². The Morgan fingerprint density at radius 3 is 2.29 bits per heavy atom. The van der Waals surface area contributed by atoms with E-state index in [1.165, 1.54) is 16.7 Å². The van der Waals surface area contributed by atoms with Crippen LogP contribution in [0.2, 0.25) is 0 Å². The van der Waals surface area contributed by atoms with Crippen LogP contribution < -0.4 is 0 Å². The second-order valence-electron chi connectivity index (χ2n) is 3.11. The third kappa shape index (κ3) is 3.78. The Balaban J connectivity index is 0.000000791. The van der Waals surface area contributed by atoms with Gasteiger partial charge in [0, 0.05) is 0 Å². The molecule has 1 rings (SSSR count). The quantitative estimate of drug-likeness (QED) is 0.626. The summed E-state index contributed by atoms with van der Waals surface area (Å²) >= 11 is 0. The van der Waals surface area contributed by atoms with Crippen molar-refractivity contribution in [3.8, 4) is 0 Å². The summed E-state index contributed by atoms with van der Waals surface area (Å²) in [5.74, 6) is 0. The molecule has 0 aliphatic carbocycles. The van der Waals surface area contributed by atoms with E-state index in [9.17, 15) is 0 Å². The molecule has 0 saturated carbocycles. The zero-order chi connectivity index (χ0) is 11.0. The SMILES string of the molecule is CC.CC/C=C(/C)c1ccccc1C. The van der Waals surface area contributed by atoms with E-state index in [1.54, 1.807) is 0 Å². The second-order valence-corrected chi connectivity index (χ2v) is 3.11. The number of allylic oxidation sites excluding steroid dienone is 2. The normalized spacial score (nSPS) is 10.5. The third-order valence-electron chi connectivity index (χ3n) is 2.08. The van der Waals surface area contributed by atoms with Gasteiger partial charge in [-0.05, 0) is 37.0 Å². The number of hydrogen-bond donors (Lipinski definition) is 0. The molecule has 0 amide bonds. The molecule has 0 aliphatic rings. The molecule has 0 heteroatoms. The Labute approximate surface area is 88.7 Å². The van der Waals surface area contributed by atoms with Crippen molar-refractivity contribution in [2.24, 2.45) is 0 Å². The molecule has 0 N–H and O–H groups in total. The molecule has 0 unspecified atom stereocenters. The number of benzene rings is 1. The summed E-state index contributed by atoms with van der Waals surface area (Å²) in [5.41, 5.74) is 4.12. The minimum atomic E-state index is 1.11. The van der Waals surface area contributed by atoms with E-state index in [-0.39, 0.29) is 0 Å². The largest absolute Gasteiger partial charge is 0.0813 e. The van der Waals surface area contributed by atoms with Gasteiger partial charge in [0.05, 0.1) is 0 Å². The van der Waals surface area contributed by atoms with Crippen LogP contribution in [0.25, 0.3) is 5.57 Å². The minimum absolute atomic E-state index is 1.11. The first-order valence-corrected chi connectivity index (χ1v) is 5.48. The van der Waals surface area contributed by atoms with Gasteiger partial charge in [-0.25, -0.2) is 0 Å². The molecule has 78 valence electrons. The van der Waals surface area contributed by atoms with Crippen LogP contribution in [0.5, 0.6) is 0 Å². The van der Waals surface area contributed by atoms with Crippen LogP contribution in [-0.2, 0) is 0 Å². The van der Waals surface area contributed by atoms with Crippen molar-refractivity contribution in [2.45, 2.75) is 41.0 Å². The van der Waals surface area contributed by atoms with Crippen molar-refractivity contribution < 1.29 is 0 Å². The predicted octanol–water partition coefficient (Wildman–Crippen LogP) is 4.83. The van der Waals surface area contributed by atoms with Gasteiger partial charge in [0.1, 0.15) is 0 Å². The van der Waals surface area contributed by atoms with Gasteiger partial charge < -0.3 is 0 Å². The average molecular weight is 190 g/mol. The van der Waals surface area contributed by atoms with Crippen molar-refractivity contribution in [3.63, 3.8) is 0 Å². The zero-order valence-electron chi connectivity index (χ0n) is 10.1. The third-order valence-corrected chi connectivity index (χ3v) is 2.08. The van der Waals surface area contributed by atoms with Crippen molar-refractivity contribution in [1.82, 2.24) is 0 Å². The molecule has 0 aliphatic heterocycles. The average Bonchev–Trinajstić information content (AvgIpc) is 2.22. The second kappa shape index (κ2) is 7.37. The fourth-order valence-electron chi connectivity index (χ4n) is 1.43. The number of aryl methyl sites for hydroxylation is 1. The predicted molar refractivity (Wildman–Crippen MR) is 66.5 cm³/mol. The Bertz CT molecular complexity index is 282. The van der Waals surface area contributed by atoms with Gasteiger partial charge in [0.2, 0.25) is 0 Å². The summed E-state index contributed by atoms with van der Waals surface area (Å²) in [5, 5.41) is 0. The van der Waals surface area contributed by atoms with Crippen molar-refractivity contribution in [2.75, 3.05) is 0 Å². The Hall–Kier alpha value is -1.04. The summed E-state index contributed by atoms with van der Waals surface area (Å²) in [4.78, 5) is 0. The lowest BCUT2D eigenvalue weighted by atomic mass is 10.0. The van der Waals surface area contributed by atoms with E-state index in [4.69, 9.17) is 0 Å². The monoisotopic (exact) mass is 190 g/mol. The van der Waals surface area contributed by atoms with Crippen molar-refractivity contribution in [1.29, 1.82) is 0 Å². The van der Waals surface area contributed by atoms with Gasteiger partial charge in [0.25, 0.3) is 0 Å². The van der Waals surface area contributed by atoms with Gasteiger partial charge in [-0.15, -0.1) is 0 Å². The highest BCUT2D eigenvalue weighted by Gasteiger charge is 1.96. The van der Waals surface area contributed by atoms with Gasteiger partial charge in [-0.1, -0.05) is 51.1 Å². The lowest BCUT2D eigenvalue weighted by Gasteiger charge is -2.04. The van der Waals surface area contributed by atoms with E-state index in [0.29, 0.717) is 0 Å². The summed E-state index contributed by atoms with van der Waals surface area (Å²) in [6.45, 7) is 10.5. The summed E-state index contributed by atoms with van der Waals surface area (Å²) < 4.78 is 0. The van der Waals surface area contributed by atoms with Gasteiger partial charge >= 0.3 is 0 Å². The molecular weight excluding hydrogens is 168 g/mol. The molecule has 0 radical (unpaired) electrons. The maximum atomic E-state index is 2.27. The van der Waals surface area contributed by atoms with Crippen LogP contribution in [0.1, 0.15) is 45.2 Å². The van der Waals surface area contributed by atoms with E-state index in [0.717, 1.165) is 6.42 Å². The highest BCUT2D eigenvalue weighted by Crippen LogP contribution is 2.17. The summed E-state index contributed by atoms with van der Waals surface area (Å²) in [7, 11) is 0. The molecule has 14 heavy (non-hydrogen) atoms. The first-order chi connectivity index (χ1) is 6.75. The van der Waals surface area contributed by atoms with Crippen LogP contribution in [0.4, 0.5) is 0 Å². The first kappa shape index (κ1) is 13.0. The number of rotatable bonds is 2. The molecule has 1 aromatic rings. The Kier molecular flexibility index (Phi) is 6.82. The fourth-order valence-corrected chi connectivity index (χ4v) is 1.43. The molecule has 0 bridgehead atoms. The zero-order valence-corrected chi connectivity index (χ0v) is 10.1. The minimum Gasteiger partial charge on any atom is -0.0813 e. The van der Waals surface area contributed by atoms with Gasteiger partial charge in [-0.2, -0.15) is 0 Å². The van der Waals surface area contributed by atoms with E-state index in [1.807, 2.05) is 13.8 Å². The van der Waals surface area contributed by atoms with E-state index in [2.05, 4.69) is 51.1 Å². The Morgan fingerprint density at radius 2 is 1.79 bits per heavy atom. The number of hydrogen-bond acceptors (Lipinski definition) is 0. The molecule has 0 atom stereocenters. The molecular formula is C14H22. The van der Waals surface area contributed by atoms with Crippen LogP contribution in [-0.4, -0.2) is 0 Å². The maximum absolute atomic E-state index is 2.27. The smallest absolute Gasteiger partial charge is 0.0201 e. The molecule has 0 saturated heterocycles. The Morgan fingerprint density at radius 1 is 1.21 bits per heavy atom. The highest BCUT2D eigenvalue weighted by atomic mass is 14.0. The molecule has 0 heterocycles. The topological polar surface area (TPSA) is 0 Å². The molecule has 0 fully saturated rings. The molecule has 0 spiro atoms. The summed E-state index contributed by atoms with van der Waals surface area (Å²) in [6, 6.07) is 8.51. The fraction of sp³-hybridized carbons (Fsp3) is 0.429. The maximum Gasteiger partial charge on any atom is -0.0201 e. The van der Waals surface area contributed by atoms with Gasteiger partial charge in [0.15, 0.2) is 0 Å². The van der Waals surface area contributed by atoms with Crippen LogP contribution >= 0.6 is 0 Å². The van der Waals surface area contributed by atoms with E-state index < -0.39 is 0 Å². The highest BCUT2D eigenvalue weighted by molar-refractivity contribution is 5.66. The molecule has 0 aromatic heterocycles. The first-order valence-electron chi connectivity index (χ1n) is 5.48. The molecule has 0 nitrogen and oxygen atoms in total. The molecule has 1 aromatic carbocycles. The van der Waals surface area contributed by atoms with Crippen LogP contribution in [0, 0.1) is 6.92 Å². The van der Waals surface area contributed by atoms with Crippen molar-refractivity contribution in [3.05, 3.63) is 41.5 Å². The van der Waals surface area contributed by atoms with Crippen LogP contribution in [0.15, 0.2) is 30.3 Å². The van der Waals surface area contributed by atoms with E-state index >= 15 is 0 Å².